The summed E-state index contributed by atoms with van der Waals surface area (Å²) in [4.78, 5) is 20.2. The molecule has 7 nitrogen and oxygen atoms in total. The van der Waals surface area contributed by atoms with Gasteiger partial charge in [-0.3, -0.25) is 20.2 Å². The average Bonchev–Trinajstić information content (AvgIpc) is 2.59. The molecular formula is C15H12Br2N2O5. The summed E-state index contributed by atoms with van der Waals surface area (Å²) in [6.07, 6.45) is 0. The first-order chi connectivity index (χ1) is 11.4. The van der Waals surface area contributed by atoms with Crippen LogP contribution in [-0.2, 0) is 0 Å². The standard InChI is InChI=1S/C15H12Br2N2O5/c16-14(9-24-13-6-4-11(5-7-13)18(20)21)15(17)10-2-1-3-12(8-10)19(22)23/h1-8,14-15H,9H2/t14-,15-/m0/s1. The van der Waals surface area contributed by atoms with E-state index in [1.165, 1.54) is 36.4 Å². The normalized spacial score (nSPS) is 13.1. The fraction of sp³-hybridized carbons (Fsp3) is 0.200. The summed E-state index contributed by atoms with van der Waals surface area (Å²) in [7, 11) is 0. The van der Waals surface area contributed by atoms with Crippen molar-refractivity contribution in [3.8, 4) is 5.75 Å². The molecule has 0 saturated heterocycles. The third kappa shape index (κ3) is 4.75. The summed E-state index contributed by atoms with van der Waals surface area (Å²) in [6, 6.07) is 12.1. The molecule has 2 rings (SSSR count). The maximum atomic E-state index is 10.8. The fourth-order valence-corrected chi connectivity index (χ4v) is 2.82. The van der Waals surface area contributed by atoms with Crippen molar-refractivity contribution in [1.82, 2.24) is 0 Å². The molecular weight excluding hydrogens is 448 g/mol. The number of rotatable bonds is 7. The molecule has 0 radical (unpaired) electrons. The molecule has 0 bridgehead atoms. The number of nitrogens with zero attached hydrogens (tertiary/aromatic N) is 2. The smallest absolute Gasteiger partial charge is 0.269 e. The Hall–Kier alpha value is -2.00. The molecule has 0 fully saturated rings. The van der Waals surface area contributed by atoms with Crippen molar-refractivity contribution in [3.63, 3.8) is 0 Å². The predicted octanol–water partition coefficient (Wildman–Crippen LogP) is 4.78. The second-order valence-electron chi connectivity index (χ2n) is 4.83. The summed E-state index contributed by atoms with van der Waals surface area (Å²) >= 11 is 6.99. The number of benzene rings is 2. The monoisotopic (exact) mass is 458 g/mol. The first-order valence-electron chi connectivity index (χ1n) is 6.78. The van der Waals surface area contributed by atoms with Gasteiger partial charge in [0.25, 0.3) is 11.4 Å². The number of hydrogen-bond donors (Lipinski definition) is 0. The largest absolute Gasteiger partial charge is 0.492 e. The SMILES string of the molecule is O=[N+]([O-])c1ccc(OC[C@H](Br)[C@@H](Br)c2cccc([N+](=O)[O-])c2)cc1. The van der Waals surface area contributed by atoms with Crippen molar-refractivity contribution < 1.29 is 14.6 Å². The van der Waals surface area contributed by atoms with E-state index in [2.05, 4.69) is 31.9 Å². The third-order valence-corrected chi connectivity index (χ3v) is 5.84. The van der Waals surface area contributed by atoms with Gasteiger partial charge in [0.05, 0.1) is 19.5 Å². The molecule has 0 N–H and O–H groups in total. The zero-order chi connectivity index (χ0) is 17.7. The number of alkyl halides is 2. The van der Waals surface area contributed by atoms with Gasteiger partial charge in [-0.25, -0.2) is 0 Å². The Morgan fingerprint density at radius 2 is 1.58 bits per heavy atom. The van der Waals surface area contributed by atoms with Gasteiger partial charge in [0.15, 0.2) is 0 Å². The molecule has 126 valence electrons. The van der Waals surface area contributed by atoms with Gasteiger partial charge >= 0.3 is 0 Å². The van der Waals surface area contributed by atoms with Crippen molar-refractivity contribution >= 4 is 43.2 Å². The Balaban J connectivity index is 1.98. The molecule has 2 aromatic rings. The van der Waals surface area contributed by atoms with Crippen LogP contribution in [0.15, 0.2) is 48.5 Å². The molecule has 0 saturated carbocycles. The molecule has 0 unspecified atom stereocenters. The summed E-state index contributed by atoms with van der Waals surface area (Å²) in [5, 5.41) is 21.4. The Kier molecular flexibility index (Phi) is 6.27. The minimum Gasteiger partial charge on any atom is -0.492 e. The summed E-state index contributed by atoms with van der Waals surface area (Å²) < 4.78 is 5.59. The van der Waals surface area contributed by atoms with E-state index in [1.54, 1.807) is 12.1 Å². The van der Waals surface area contributed by atoms with Gasteiger partial charge in [-0.2, -0.15) is 0 Å². The molecule has 0 aliphatic rings. The predicted molar refractivity (Wildman–Crippen MR) is 96.1 cm³/mol. The molecule has 9 heteroatoms. The molecule has 0 aliphatic heterocycles. The van der Waals surface area contributed by atoms with E-state index in [9.17, 15) is 20.2 Å². The summed E-state index contributed by atoms with van der Waals surface area (Å²) in [5.74, 6) is 0.504. The van der Waals surface area contributed by atoms with E-state index >= 15 is 0 Å². The number of nitro benzene ring substituents is 2. The van der Waals surface area contributed by atoms with Crippen LogP contribution in [0.1, 0.15) is 10.4 Å². The van der Waals surface area contributed by atoms with Crippen LogP contribution in [0, 0.1) is 20.2 Å². The minimum atomic E-state index is -0.478. The lowest BCUT2D eigenvalue weighted by Crippen LogP contribution is -2.16. The van der Waals surface area contributed by atoms with E-state index in [1.807, 2.05) is 0 Å². The van der Waals surface area contributed by atoms with Gasteiger partial charge < -0.3 is 4.74 Å². The van der Waals surface area contributed by atoms with Gasteiger partial charge in [-0.05, 0) is 17.7 Å². The summed E-state index contributed by atoms with van der Waals surface area (Å²) in [5.41, 5.74) is 0.763. The molecule has 0 amide bonds. The Morgan fingerprint density at radius 1 is 0.958 bits per heavy atom. The van der Waals surface area contributed by atoms with Crippen LogP contribution < -0.4 is 4.74 Å². The van der Waals surface area contributed by atoms with Crippen LogP contribution >= 0.6 is 31.9 Å². The second kappa shape index (κ2) is 8.20. The van der Waals surface area contributed by atoms with Crippen molar-refractivity contribution in [2.75, 3.05) is 6.61 Å². The quantitative estimate of drug-likeness (QED) is 0.337. The van der Waals surface area contributed by atoms with E-state index in [0.29, 0.717) is 5.75 Å². The van der Waals surface area contributed by atoms with Crippen LogP contribution in [-0.4, -0.2) is 21.3 Å². The second-order valence-corrected chi connectivity index (χ2v) is 6.99. The lowest BCUT2D eigenvalue weighted by Gasteiger charge is -2.17. The third-order valence-electron chi connectivity index (χ3n) is 3.17. The van der Waals surface area contributed by atoms with Crippen LogP contribution in [0.3, 0.4) is 0 Å². The lowest BCUT2D eigenvalue weighted by molar-refractivity contribution is -0.385. The van der Waals surface area contributed by atoms with Gasteiger partial charge in [-0.15, -0.1) is 0 Å². The van der Waals surface area contributed by atoms with Crippen molar-refractivity contribution in [2.24, 2.45) is 0 Å². The van der Waals surface area contributed by atoms with Crippen LogP contribution in [0.4, 0.5) is 11.4 Å². The molecule has 24 heavy (non-hydrogen) atoms. The maximum Gasteiger partial charge on any atom is 0.269 e. The first kappa shape index (κ1) is 18.3. The van der Waals surface area contributed by atoms with Crippen LogP contribution in [0.2, 0.25) is 0 Å². The first-order valence-corrected chi connectivity index (χ1v) is 8.61. The Morgan fingerprint density at radius 3 is 2.17 bits per heavy atom. The van der Waals surface area contributed by atoms with E-state index in [4.69, 9.17) is 4.74 Å². The number of halogens is 2. The molecule has 2 aromatic carbocycles. The molecule has 0 spiro atoms. The van der Waals surface area contributed by atoms with E-state index in [0.717, 1.165) is 5.56 Å². The van der Waals surface area contributed by atoms with Gasteiger partial charge in [0.2, 0.25) is 0 Å². The number of hydrogen-bond acceptors (Lipinski definition) is 5. The highest BCUT2D eigenvalue weighted by Crippen LogP contribution is 2.33. The number of non-ortho nitro benzene ring substituents is 2. The highest BCUT2D eigenvalue weighted by molar-refractivity contribution is 9.12. The number of nitro groups is 2. The Labute approximate surface area is 154 Å². The molecule has 0 aromatic heterocycles. The Bertz CT molecular complexity index is 739. The average molecular weight is 460 g/mol. The highest BCUT2D eigenvalue weighted by Gasteiger charge is 2.20. The highest BCUT2D eigenvalue weighted by atomic mass is 79.9. The topological polar surface area (TPSA) is 95.5 Å². The van der Waals surface area contributed by atoms with Gasteiger partial charge in [-0.1, -0.05) is 44.0 Å². The summed E-state index contributed by atoms with van der Waals surface area (Å²) in [6.45, 7) is 0.274. The van der Waals surface area contributed by atoms with Crippen LogP contribution in [0.5, 0.6) is 5.75 Å². The lowest BCUT2D eigenvalue weighted by atomic mass is 10.1. The zero-order valence-electron chi connectivity index (χ0n) is 12.2. The van der Waals surface area contributed by atoms with Crippen molar-refractivity contribution in [1.29, 1.82) is 0 Å². The molecule has 2 atom stereocenters. The number of ether oxygens (including phenoxy) is 1. The van der Waals surface area contributed by atoms with Gasteiger partial charge in [0, 0.05) is 24.3 Å². The molecule has 0 heterocycles. The van der Waals surface area contributed by atoms with Crippen molar-refractivity contribution in [3.05, 3.63) is 74.3 Å². The van der Waals surface area contributed by atoms with Crippen LogP contribution in [0.25, 0.3) is 0 Å². The maximum absolute atomic E-state index is 10.8. The minimum absolute atomic E-state index is 0.00675. The van der Waals surface area contributed by atoms with Crippen molar-refractivity contribution in [2.45, 2.75) is 9.65 Å². The molecule has 0 aliphatic carbocycles. The van der Waals surface area contributed by atoms with E-state index in [-0.39, 0.29) is 27.6 Å². The zero-order valence-corrected chi connectivity index (χ0v) is 15.3. The van der Waals surface area contributed by atoms with E-state index < -0.39 is 9.85 Å². The fourth-order valence-electron chi connectivity index (χ4n) is 1.94. The van der Waals surface area contributed by atoms with Gasteiger partial charge in [0.1, 0.15) is 12.4 Å².